The molecule has 4 heterocycles. The van der Waals surface area contributed by atoms with Crippen molar-refractivity contribution in [3.05, 3.63) is 83.6 Å². The number of pyridine rings is 1. The van der Waals surface area contributed by atoms with Crippen LogP contribution in [-0.4, -0.2) is 64.6 Å². The van der Waals surface area contributed by atoms with Crippen LogP contribution in [0.15, 0.2) is 82.4 Å². The van der Waals surface area contributed by atoms with Crippen LogP contribution in [0.2, 0.25) is 0 Å². The number of aromatic nitrogens is 1. The summed E-state index contributed by atoms with van der Waals surface area (Å²) >= 11 is 0. The fraction of sp³-hybridized carbons (Fsp3) is 0.367. The first-order valence-electron chi connectivity index (χ1n) is 13.9. The summed E-state index contributed by atoms with van der Waals surface area (Å²) in [4.78, 5) is 40.9. The molecule has 3 aliphatic heterocycles. The highest BCUT2D eigenvalue weighted by molar-refractivity contribution is 6.05. The number of benzene rings is 1. The van der Waals surface area contributed by atoms with E-state index in [4.69, 9.17) is 15.6 Å². The molecule has 206 valence electrons. The number of nitrogens with zero attached hydrogens (tertiary/aromatic N) is 5. The van der Waals surface area contributed by atoms with Crippen LogP contribution >= 0.6 is 0 Å². The van der Waals surface area contributed by atoms with Gasteiger partial charge in [0.05, 0.1) is 30.5 Å². The molecule has 1 aromatic heterocycles. The lowest BCUT2D eigenvalue weighted by molar-refractivity contribution is -0.750. The maximum absolute atomic E-state index is 12.7. The fourth-order valence-corrected chi connectivity index (χ4v) is 5.87. The largest absolute Gasteiger partial charge is 0.466 e. The standard InChI is InChI=1S/C30H33N7O3/c1-2-40-30(39)24-16-23(24)19-36-14-5-6-22(18-36)27-25-17-32-13-15-37(25,31)28(35-27)20-8-10-21(11-9-20)29(38)34-26-7-3-4-12-33-26/h3-4,7-13,15,17,22-24H,2,5-6,14,16,18-19,31H2,1H3/p+1/t22-,23?,24?,37?/m1/s1. The normalized spacial score (nSPS) is 27.2. The summed E-state index contributed by atoms with van der Waals surface area (Å²) < 4.78 is 5.16. The van der Waals surface area contributed by atoms with Gasteiger partial charge in [-0.25, -0.2) is 4.98 Å². The van der Waals surface area contributed by atoms with Gasteiger partial charge in [0.2, 0.25) is 5.70 Å². The van der Waals surface area contributed by atoms with Crippen molar-refractivity contribution in [3.63, 3.8) is 0 Å². The van der Waals surface area contributed by atoms with E-state index < -0.39 is 0 Å². The fourth-order valence-electron chi connectivity index (χ4n) is 5.87. The monoisotopic (exact) mass is 540 g/mol. The molecule has 1 saturated carbocycles. The number of carbonyl (C=O) groups excluding carboxylic acids is 2. The molecule has 3 unspecified atom stereocenters. The topological polar surface area (TPSA) is 122 Å². The number of hydrogen-bond acceptors (Lipinski definition) is 8. The van der Waals surface area contributed by atoms with Crippen molar-refractivity contribution in [2.45, 2.75) is 26.2 Å². The quantitative estimate of drug-likeness (QED) is 0.300. The molecule has 2 fully saturated rings. The number of fused-ring (bicyclic) bond motifs is 1. The first-order chi connectivity index (χ1) is 19.5. The second-order valence-electron chi connectivity index (χ2n) is 10.8. The molecular weight excluding hydrogens is 506 g/mol. The zero-order valence-electron chi connectivity index (χ0n) is 22.6. The number of aliphatic imine (C=N–C) groups is 2. The minimum absolute atomic E-state index is 0.0384. The zero-order valence-corrected chi connectivity index (χ0v) is 22.6. The molecule has 3 N–H and O–H groups in total. The van der Waals surface area contributed by atoms with Crippen LogP contribution in [0.5, 0.6) is 0 Å². The van der Waals surface area contributed by atoms with E-state index >= 15 is 0 Å². The molecule has 0 radical (unpaired) electrons. The summed E-state index contributed by atoms with van der Waals surface area (Å²) in [6.45, 7) is 5.07. The van der Waals surface area contributed by atoms with Gasteiger partial charge in [-0.3, -0.25) is 14.6 Å². The van der Waals surface area contributed by atoms with Crippen LogP contribution in [0.4, 0.5) is 5.82 Å². The molecule has 0 spiro atoms. The Bertz CT molecular complexity index is 1420. The number of quaternary nitrogens is 1. The Labute approximate surface area is 233 Å². The van der Waals surface area contributed by atoms with E-state index in [2.05, 4.69) is 20.2 Å². The third-order valence-corrected chi connectivity index (χ3v) is 8.03. The van der Waals surface area contributed by atoms with Gasteiger partial charge in [-0.2, -0.15) is 10.8 Å². The van der Waals surface area contributed by atoms with E-state index in [-0.39, 0.29) is 28.3 Å². The van der Waals surface area contributed by atoms with E-state index in [9.17, 15) is 9.59 Å². The molecule has 4 atom stereocenters. The zero-order chi connectivity index (χ0) is 27.7. The number of allylic oxidation sites excluding steroid dienone is 1. The molecule has 1 aliphatic carbocycles. The molecule has 1 saturated heterocycles. The smallest absolute Gasteiger partial charge is 0.309 e. The predicted octanol–water partition coefficient (Wildman–Crippen LogP) is 3.46. The number of nitrogens with one attached hydrogen (secondary N) is 1. The van der Waals surface area contributed by atoms with Crippen molar-refractivity contribution in [2.24, 2.45) is 33.6 Å². The van der Waals surface area contributed by atoms with Gasteiger partial charge in [0, 0.05) is 30.8 Å². The van der Waals surface area contributed by atoms with Gasteiger partial charge in [0.25, 0.3) is 11.7 Å². The van der Waals surface area contributed by atoms with Gasteiger partial charge in [-0.1, -0.05) is 6.07 Å². The highest BCUT2D eigenvalue weighted by atomic mass is 16.5. The Morgan fingerprint density at radius 1 is 1.20 bits per heavy atom. The Hall–Kier alpha value is -3.99. The van der Waals surface area contributed by atoms with Crippen molar-refractivity contribution in [2.75, 3.05) is 31.6 Å². The number of esters is 1. The van der Waals surface area contributed by atoms with Gasteiger partial charge in [0.1, 0.15) is 17.7 Å². The Morgan fingerprint density at radius 2 is 2.05 bits per heavy atom. The Morgan fingerprint density at radius 3 is 2.83 bits per heavy atom. The highest BCUT2D eigenvalue weighted by Gasteiger charge is 2.48. The minimum atomic E-state index is -0.233. The summed E-state index contributed by atoms with van der Waals surface area (Å²) in [5, 5.41) is 2.81. The second kappa shape index (κ2) is 10.9. The number of hydrogen-bond donors (Lipinski definition) is 2. The van der Waals surface area contributed by atoms with E-state index in [1.807, 2.05) is 37.5 Å². The van der Waals surface area contributed by atoms with Crippen LogP contribution in [0, 0.1) is 17.8 Å². The molecular formula is C30H34N7O3+. The average molecular weight is 541 g/mol. The van der Waals surface area contributed by atoms with Gasteiger partial charge in [0.15, 0.2) is 0 Å². The van der Waals surface area contributed by atoms with Crippen LogP contribution in [-0.2, 0) is 9.53 Å². The lowest BCUT2D eigenvalue weighted by Gasteiger charge is -2.33. The molecule has 1 aromatic carbocycles. The third kappa shape index (κ3) is 5.13. The number of anilines is 1. The number of carbonyl (C=O) groups is 2. The number of amidine groups is 1. The van der Waals surface area contributed by atoms with Crippen LogP contribution in [0.25, 0.3) is 0 Å². The number of piperidine rings is 1. The van der Waals surface area contributed by atoms with Gasteiger partial charge >= 0.3 is 5.97 Å². The first kappa shape index (κ1) is 26.2. The van der Waals surface area contributed by atoms with E-state index in [0.29, 0.717) is 29.7 Å². The first-order valence-corrected chi connectivity index (χ1v) is 13.9. The summed E-state index contributed by atoms with van der Waals surface area (Å²) in [7, 11) is 0. The molecule has 0 bridgehead atoms. The van der Waals surface area contributed by atoms with Gasteiger partial charge < -0.3 is 15.0 Å². The summed E-state index contributed by atoms with van der Waals surface area (Å²) in [6.07, 6.45) is 9.98. The van der Waals surface area contributed by atoms with Crippen molar-refractivity contribution in [3.8, 4) is 0 Å². The summed E-state index contributed by atoms with van der Waals surface area (Å²) in [5.41, 5.74) is 3.19. The molecule has 6 rings (SSSR count). The number of ether oxygens (including phenoxy) is 1. The SMILES string of the molecule is CCOC(=O)C1CC1CN1CCC[C@@H](C2=C3C=NC=C[N+]3(N)C(c3ccc(C(=O)Nc4ccccn4)cc3)=N2)C1. The lowest BCUT2D eigenvalue weighted by Crippen LogP contribution is -2.53. The van der Waals surface area contributed by atoms with Crippen molar-refractivity contribution < 1.29 is 18.9 Å². The molecule has 40 heavy (non-hydrogen) atoms. The molecule has 10 heteroatoms. The summed E-state index contributed by atoms with van der Waals surface area (Å²) in [6, 6.07) is 12.7. The number of rotatable bonds is 8. The predicted molar refractivity (Wildman–Crippen MR) is 152 cm³/mol. The summed E-state index contributed by atoms with van der Waals surface area (Å²) in [5.74, 6) is 8.48. The highest BCUT2D eigenvalue weighted by Crippen LogP contribution is 2.42. The Balaban J connectivity index is 1.19. The van der Waals surface area contributed by atoms with Gasteiger partial charge in [-0.15, -0.1) is 4.59 Å². The van der Waals surface area contributed by atoms with Crippen LogP contribution < -0.4 is 11.2 Å². The molecule has 2 aromatic rings. The number of nitrogens with two attached hydrogens (primary N) is 1. The van der Waals surface area contributed by atoms with Crippen LogP contribution in [0.3, 0.4) is 0 Å². The maximum atomic E-state index is 12.7. The van der Waals surface area contributed by atoms with E-state index in [1.54, 1.807) is 36.7 Å². The molecule has 1 amide bonds. The lowest BCUT2D eigenvalue weighted by atomic mass is 9.93. The van der Waals surface area contributed by atoms with Crippen molar-refractivity contribution in [1.29, 1.82) is 0 Å². The maximum Gasteiger partial charge on any atom is 0.309 e. The Kier molecular flexibility index (Phi) is 7.14. The van der Waals surface area contributed by atoms with Gasteiger partial charge in [-0.05, 0) is 75.0 Å². The second-order valence-corrected chi connectivity index (χ2v) is 10.8. The molecule has 10 nitrogen and oxygen atoms in total. The van der Waals surface area contributed by atoms with E-state index in [0.717, 1.165) is 55.9 Å². The number of likely N-dealkylation sites (tertiary alicyclic amines) is 1. The third-order valence-electron chi connectivity index (χ3n) is 8.03. The number of amides is 1. The molecule has 4 aliphatic rings. The average Bonchev–Trinajstić information content (AvgIpc) is 3.67. The van der Waals surface area contributed by atoms with E-state index in [1.165, 1.54) is 0 Å². The minimum Gasteiger partial charge on any atom is -0.466 e. The van der Waals surface area contributed by atoms with Crippen molar-refractivity contribution in [1.82, 2.24) is 9.88 Å². The van der Waals surface area contributed by atoms with Crippen LogP contribution in [0.1, 0.15) is 42.1 Å². The van der Waals surface area contributed by atoms with Crippen molar-refractivity contribution >= 4 is 29.7 Å².